The smallest absolute Gasteiger partial charge is 0.358 e. The van der Waals surface area contributed by atoms with Crippen molar-refractivity contribution in [1.82, 2.24) is 9.78 Å². The van der Waals surface area contributed by atoms with Gasteiger partial charge in [-0.05, 0) is 11.3 Å². The van der Waals surface area contributed by atoms with E-state index >= 15 is 0 Å². The van der Waals surface area contributed by atoms with Crippen LogP contribution in [0.15, 0.2) is 6.20 Å². The topological polar surface area (TPSA) is 61.0 Å². The molecule has 15 heavy (non-hydrogen) atoms. The van der Waals surface area contributed by atoms with Crippen LogP contribution in [-0.2, 0) is 6.54 Å². The first-order valence-corrected chi connectivity index (χ1v) is 5.40. The van der Waals surface area contributed by atoms with Crippen LogP contribution < -0.4 is 0 Å². The van der Waals surface area contributed by atoms with Gasteiger partial charge in [0.1, 0.15) is 0 Å². The maximum absolute atomic E-state index is 10.5. The molecule has 0 amide bonds. The predicted octanol–water partition coefficient (Wildman–Crippen LogP) is 3.03. The molecule has 5 nitrogen and oxygen atoms in total. The number of nitrogens with zero attached hydrogens (tertiary/aromatic N) is 3. The maximum Gasteiger partial charge on any atom is 0.408 e. The fourth-order valence-corrected chi connectivity index (χ4v) is 1.55. The molecule has 0 aromatic carbocycles. The highest BCUT2D eigenvalue weighted by molar-refractivity contribution is 6.32. The first-order valence-electron chi connectivity index (χ1n) is 5.02. The number of aryl methyl sites for hydroxylation is 1. The molecule has 0 N–H and O–H groups in total. The predicted molar refractivity (Wildman–Crippen MR) is 58.0 cm³/mol. The van der Waals surface area contributed by atoms with Crippen LogP contribution >= 0.6 is 11.6 Å². The molecule has 1 heterocycles. The molecule has 0 aliphatic heterocycles. The largest absolute Gasteiger partial charge is 0.408 e. The van der Waals surface area contributed by atoms with Gasteiger partial charge in [-0.3, -0.25) is 0 Å². The number of halogens is 1. The van der Waals surface area contributed by atoms with E-state index in [1.807, 2.05) is 0 Å². The summed E-state index contributed by atoms with van der Waals surface area (Å²) in [5.41, 5.74) is 0. The molecule has 0 spiro atoms. The summed E-state index contributed by atoms with van der Waals surface area (Å²) in [5, 5.41) is 14.4. The Hall–Kier alpha value is -1.10. The van der Waals surface area contributed by atoms with E-state index in [1.54, 1.807) is 0 Å². The zero-order chi connectivity index (χ0) is 11.3. The molecule has 0 aliphatic rings. The van der Waals surface area contributed by atoms with Crippen molar-refractivity contribution in [3.63, 3.8) is 0 Å². The molecule has 84 valence electrons. The van der Waals surface area contributed by atoms with Crippen molar-refractivity contribution < 1.29 is 4.92 Å². The molecule has 1 aromatic heterocycles. The highest BCUT2D eigenvalue weighted by Gasteiger charge is 2.18. The van der Waals surface area contributed by atoms with Crippen molar-refractivity contribution in [2.24, 2.45) is 0 Å². The lowest BCUT2D eigenvalue weighted by molar-refractivity contribution is -0.389. The van der Waals surface area contributed by atoms with Gasteiger partial charge in [0.15, 0.2) is 5.02 Å². The summed E-state index contributed by atoms with van der Waals surface area (Å²) >= 11 is 5.66. The fourth-order valence-electron chi connectivity index (χ4n) is 1.33. The Balaban J connectivity index is 2.48. The Morgan fingerprint density at radius 2 is 2.27 bits per heavy atom. The molecule has 1 rings (SSSR count). The average Bonchev–Trinajstić information content (AvgIpc) is 2.55. The Bertz CT molecular complexity index is 338. The molecule has 0 fully saturated rings. The van der Waals surface area contributed by atoms with Crippen molar-refractivity contribution in [3.8, 4) is 0 Å². The second-order valence-corrected chi connectivity index (χ2v) is 3.79. The third-order valence-corrected chi connectivity index (χ3v) is 2.38. The van der Waals surface area contributed by atoms with Crippen molar-refractivity contribution in [1.29, 1.82) is 0 Å². The van der Waals surface area contributed by atoms with Gasteiger partial charge in [-0.2, -0.15) is 4.68 Å². The summed E-state index contributed by atoms with van der Waals surface area (Å²) in [6, 6.07) is 0. The minimum absolute atomic E-state index is 0.107. The Morgan fingerprint density at radius 1 is 1.53 bits per heavy atom. The Morgan fingerprint density at radius 3 is 2.80 bits per heavy atom. The third-order valence-electron chi connectivity index (χ3n) is 2.11. The number of nitro groups is 1. The lowest BCUT2D eigenvalue weighted by Gasteiger charge is -1.96. The van der Waals surface area contributed by atoms with Crippen LogP contribution in [-0.4, -0.2) is 14.7 Å². The van der Waals surface area contributed by atoms with E-state index < -0.39 is 4.92 Å². The molecule has 0 radical (unpaired) electrons. The van der Waals surface area contributed by atoms with Gasteiger partial charge in [-0.1, -0.05) is 37.8 Å². The molecule has 6 heteroatoms. The van der Waals surface area contributed by atoms with E-state index in [0.29, 0.717) is 6.54 Å². The summed E-state index contributed by atoms with van der Waals surface area (Å²) in [5.74, 6) is -0.257. The first kappa shape index (κ1) is 12.0. The SMILES string of the molecule is CCCCCCn1cc(Cl)c([N+](=O)[O-])n1. The third kappa shape index (κ3) is 3.51. The lowest BCUT2D eigenvalue weighted by Crippen LogP contribution is -1.99. The monoisotopic (exact) mass is 231 g/mol. The lowest BCUT2D eigenvalue weighted by atomic mass is 10.2. The van der Waals surface area contributed by atoms with Crippen molar-refractivity contribution in [3.05, 3.63) is 21.3 Å². The molecule has 0 bridgehead atoms. The number of unbranched alkanes of at least 4 members (excludes halogenated alkanes) is 3. The second kappa shape index (κ2) is 5.70. The van der Waals surface area contributed by atoms with Crippen LogP contribution in [0.5, 0.6) is 0 Å². The van der Waals surface area contributed by atoms with Gasteiger partial charge in [-0.15, -0.1) is 0 Å². The van der Waals surface area contributed by atoms with Gasteiger partial charge in [0.05, 0.1) is 17.8 Å². The zero-order valence-corrected chi connectivity index (χ0v) is 9.40. The van der Waals surface area contributed by atoms with Crippen LogP contribution in [0.1, 0.15) is 32.6 Å². The van der Waals surface area contributed by atoms with Gasteiger partial charge >= 0.3 is 5.82 Å². The summed E-state index contributed by atoms with van der Waals surface area (Å²) in [6.45, 7) is 2.82. The normalized spacial score (nSPS) is 10.5. The van der Waals surface area contributed by atoms with E-state index in [4.69, 9.17) is 11.6 Å². The van der Waals surface area contributed by atoms with Crippen LogP contribution in [0.4, 0.5) is 5.82 Å². The van der Waals surface area contributed by atoms with Crippen molar-refractivity contribution >= 4 is 17.4 Å². The summed E-state index contributed by atoms with van der Waals surface area (Å²) in [4.78, 5) is 9.89. The highest BCUT2D eigenvalue weighted by atomic mass is 35.5. The van der Waals surface area contributed by atoms with Gasteiger partial charge in [0.2, 0.25) is 0 Å². The molecular weight excluding hydrogens is 218 g/mol. The van der Waals surface area contributed by atoms with Crippen LogP contribution in [0.25, 0.3) is 0 Å². The minimum Gasteiger partial charge on any atom is -0.358 e. The first-order chi connectivity index (χ1) is 7.15. The van der Waals surface area contributed by atoms with Gasteiger partial charge in [0, 0.05) is 0 Å². The van der Waals surface area contributed by atoms with Crippen LogP contribution in [0.2, 0.25) is 5.02 Å². The summed E-state index contributed by atoms with van der Waals surface area (Å²) in [7, 11) is 0. The molecule has 1 aromatic rings. The highest BCUT2D eigenvalue weighted by Crippen LogP contribution is 2.21. The van der Waals surface area contributed by atoms with Crippen LogP contribution in [0, 0.1) is 10.1 Å². The zero-order valence-electron chi connectivity index (χ0n) is 8.65. The van der Waals surface area contributed by atoms with E-state index in [0.717, 1.165) is 12.8 Å². The Kier molecular flexibility index (Phi) is 4.55. The molecule has 0 aliphatic carbocycles. The fraction of sp³-hybridized carbons (Fsp3) is 0.667. The number of hydrogen-bond acceptors (Lipinski definition) is 3. The Labute approximate surface area is 93.2 Å². The number of aromatic nitrogens is 2. The molecule has 0 unspecified atom stereocenters. The molecular formula is C9H14ClN3O2. The average molecular weight is 232 g/mol. The van der Waals surface area contributed by atoms with Gasteiger partial charge in [0.25, 0.3) is 0 Å². The minimum atomic E-state index is -0.565. The van der Waals surface area contributed by atoms with Gasteiger partial charge < -0.3 is 10.1 Å². The number of hydrogen-bond donors (Lipinski definition) is 0. The standard InChI is InChI=1S/C9H14ClN3O2/c1-2-3-4-5-6-12-7-8(10)9(11-12)13(14)15/h7H,2-6H2,1H3. The van der Waals surface area contributed by atoms with E-state index in [-0.39, 0.29) is 10.8 Å². The van der Waals surface area contributed by atoms with E-state index in [9.17, 15) is 10.1 Å². The maximum atomic E-state index is 10.5. The molecule has 0 saturated carbocycles. The quantitative estimate of drug-likeness (QED) is 0.430. The van der Waals surface area contributed by atoms with Gasteiger partial charge in [-0.25, -0.2) is 0 Å². The number of rotatable bonds is 6. The molecule has 0 atom stereocenters. The molecule has 0 saturated heterocycles. The summed E-state index contributed by atoms with van der Waals surface area (Å²) in [6.07, 6.45) is 5.94. The van der Waals surface area contributed by atoms with Crippen molar-refractivity contribution in [2.45, 2.75) is 39.2 Å². The van der Waals surface area contributed by atoms with E-state index in [2.05, 4.69) is 12.0 Å². The van der Waals surface area contributed by atoms with Crippen LogP contribution in [0.3, 0.4) is 0 Å². The summed E-state index contributed by atoms with van der Waals surface area (Å²) < 4.78 is 1.54. The second-order valence-electron chi connectivity index (χ2n) is 3.38. The van der Waals surface area contributed by atoms with Crippen molar-refractivity contribution in [2.75, 3.05) is 0 Å². The van der Waals surface area contributed by atoms with E-state index in [1.165, 1.54) is 23.7 Å².